The van der Waals surface area contributed by atoms with Crippen molar-refractivity contribution >= 4 is 17.4 Å². The summed E-state index contributed by atoms with van der Waals surface area (Å²) in [6.45, 7) is 5.45. The van der Waals surface area contributed by atoms with Crippen LogP contribution in [-0.4, -0.2) is 29.1 Å². The van der Waals surface area contributed by atoms with Crippen molar-refractivity contribution in [1.29, 1.82) is 0 Å². The summed E-state index contributed by atoms with van der Waals surface area (Å²) in [5.41, 5.74) is 2.01. The van der Waals surface area contributed by atoms with Gasteiger partial charge in [0, 0.05) is 29.5 Å². The van der Waals surface area contributed by atoms with Crippen molar-refractivity contribution in [3.05, 3.63) is 24.3 Å². The average molecular weight is 372 g/mol. The van der Waals surface area contributed by atoms with Crippen molar-refractivity contribution in [2.24, 2.45) is 0 Å². The van der Waals surface area contributed by atoms with E-state index in [-0.39, 0.29) is 11.6 Å². The molecule has 2 aliphatic carbocycles. The van der Waals surface area contributed by atoms with E-state index in [1.54, 1.807) is 0 Å². The summed E-state index contributed by atoms with van der Waals surface area (Å²) in [5.74, 6) is 0. The predicted octanol–water partition coefficient (Wildman–Crippen LogP) is 6.40. The second-order valence-electron chi connectivity index (χ2n) is 8.65. The summed E-state index contributed by atoms with van der Waals surface area (Å²) >= 11 is 0. The first-order valence-corrected chi connectivity index (χ1v) is 11.1. The zero-order chi connectivity index (χ0) is 19.1. The molecule has 3 rings (SSSR count). The third-order valence-corrected chi connectivity index (χ3v) is 6.39. The van der Waals surface area contributed by atoms with Crippen LogP contribution in [0.25, 0.3) is 0 Å². The summed E-state index contributed by atoms with van der Waals surface area (Å²) in [6, 6.07) is 8.63. The van der Waals surface area contributed by atoms with E-state index < -0.39 is 0 Å². The molecule has 0 spiro atoms. The van der Waals surface area contributed by atoms with E-state index in [1.807, 2.05) is 12.1 Å². The Morgan fingerprint density at radius 2 is 1.59 bits per heavy atom. The number of amides is 2. The zero-order valence-corrected chi connectivity index (χ0v) is 17.2. The van der Waals surface area contributed by atoms with Crippen molar-refractivity contribution < 1.29 is 4.79 Å². The second kappa shape index (κ2) is 9.48. The largest absolute Gasteiger partial charge is 0.385 e. The average Bonchev–Trinajstić information content (AvgIpc) is 2.69. The Bertz CT molecular complexity index is 586. The lowest BCUT2D eigenvalue weighted by Gasteiger charge is -2.49. The number of nitrogens with one attached hydrogen (secondary N) is 2. The van der Waals surface area contributed by atoms with E-state index >= 15 is 0 Å². The number of hydrogen-bond acceptors (Lipinski definition) is 2. The molecule has 2 fully saturated rings. The predicted molar refractivity (Wildman–Crippen MR) is 114 cm³/mol. The van der Waals surface area contributed by atoms with Gasteiger partial charge in [-0.1, -0.05) is 45.4 Å². The molecule has 150 valence electrons. The number of carbonyl (C=O) groups excluding carboxylic acids is 1. The number of benzene rings is 1. The molecule has 0 bridgehead atoms. The highest BCUT2D eigenvalue weighted by Crippen LogP contribution is 2.38. The van der Waals surface area contributed by atoms with Gasteiger partial charge in [0.1, 0.15) is 0 Å². The topological polar surface area (TPSA) is 44.4 Å². The highest BCUT2D eigenvalue weighted by Gasteiger charge is 2.40. The molecule has 27 heavy (non-hydrogen) atoms. The number of hydrogen-bond donors (Lipinski definition) is 2. The summed E-state index contributed by atoms with van der Waals surface area (Å²) in [6.07, 6.45) is 13.3. The van der Waals surface area contributed by atoms with Crippen LogP contribution in [-0.2, 0) is 0 Å². The van der Waals surface area contributed by atoms with Gasteiger partial charge < -0.3 is 15.5 Å². The fourth-order valence-corrected chi connectivity index (χ4v) is 4.87. The molecular weight excluding hydrogens is 334 g/mol. The molecule has 0 atom stereocenters. The Morgan fingerprint density at radius 1 is 1.00 bits per heavy atom. The van der Waals surface area contributed by atoms with Gasteiger partial charge in [-0.15, -0.1) is 0 Å². The summed E-state index contributed by atoms with van der Waals surface area (Å²) in [7, 11) is 0. The SMILES string of the molecule is CCCNc1ccc(NC(=O)N(C2CCCCC2)C2(C)CCCCC2)cc1. The van der Waals surface area contributed by atoms with E-state index in [9.17, 15) is 4.79 Å². The van der Waals surface area contributed by atoms with E-state index in [1.165, 1.54) is 38.5 Å². The molecule has 0 saturated heterocycles. The molecule has 1 aromatic rings. The van der Waals surface area contributed by atoms with Crippen LogP contribution < -0.4 is 10.6 Å². The van der Waals surface area contributed by atoms with E-state index in [0.717, 1.165) is 50.0 Å². The lowest BCUT2D eigenvalue weighted by Crippen LogP contribution is -2.57. The Hall–Kier alpha value is -1.71. The number of anilines is 2. The minimum atomic E-state index is 0.00691. The molecule has 0 heterocycles. The molecule has 4 heteroatoms. The van der Waals surface area contributed by atoms with Gasteiger partial charge in [-0.05, 0) is 63.3 Å². The van der Waals surface area contributed by atoms with Gasteiger partial charge in [0.2, 0.25) is 0 Å². The molecule has 2 aliphatic rings. The maximum atomic E-state index is 13.4. The Labute approximate surface area is 165 Å². The molecule has 0 radical (unpaired) electrons. The van der Waals surface area contributed by atoms with Crippen molar-refractivity contribution in [3.63, 3.8) is 0 Å². The number of carbonyl (C=O) groups is 1. The molecular formula is C23H37N3O. The number of nitrogens with zero attached hydrogens (tertiary/aromatic N) is 1. The lowest BCUT2D eigenvalue weighted by atomic mass is 9.79. The smallest absolute Gasteiger partial charge is 0.322 e. The fraction of sp³-hybridized carbons (Fsp3) is 0.696. The summed E-state index contributed by atoms with van der Waals surface area (Å²) < 4.78 is 0. The van der Waals surface area contributed by atoms with Gasteiger partial charge >= 0.3 is 6.03 Å². The van der Waals surface area contributed by atoms with E-state index in [2.05, 4.69) is 41.5 Å². The molecule has 2 N–H and O–H groups in total. The highest BCUT2D eigenvalue weighted by atomic mass is 16.2. The summed E-state index contributed by atoms with van der Waals surface area (Å²) in [5, 5.41) is 6.59. The third kappa shape index (κ3) is 5.18. The Balaban J connectivity index is 1.72. The van der Waals surface area contributed by atoms with E-state index in [0.29, 0.717) is 6.04 Å². The third-order valence-electron chi connectivity index (χ3n) is 6.39. The summed E-state index contributed by atoms with van der Waals surface area (Å²) in [4.78, 5) is 15.6. The van der Waals surface area contributed by atoms with E-state index in [4.69, 9.17) is 0 Å². The molecule has 0 unspecified atom stereocenters. The lowest BCUT2D eigenvalue weighted by molar-refractivity contribution is 0.0513. The molecule has 1 aromatic carbocycles. The van der Waals surface area contributed by atoms with Gasteiger partial charge in [-0.25, -0.2) is 4.79 Å². The minimum absolute atomic E-state index is 0.00691. The van der Waals surface area contributed by atoms with Crippen molar-refractivity contribution in [2.45, 2.75) is 96.1 Å². The monoisotopic (exact) mass is 371 g/mol. The van der Waals surface area contributed by atoms with Gasteiger partial charge in [-0.3, -0.25) is 0 Å². The first-order chi connectivity index (χ1) is 13.1. The molecule has 0 aliphatic heterocycles. The molecule has 2 saturated carbocycles. The molecule has 4 nitrogen and oxygen atoms in total. The van der Waals surface area contributed by atoms with Gasteiger partial charge in [0.25, 0.3) is 0 Å². The normalized spacial score (nSPS) is 20.1. The first kappa shape index (κ1) is 20.0. The van der Waals surface area contributed by atoms with Crippen LogP contribution in [0.15, 0.2) is 24.3 Å². The van der Waals surface area contributed by atoms with Gasteiger partial charge in [-0.2, -0.15) is 0 Å². The zero-order valence-electron chi connectivity index (χ0n) is 17.2. The van der Waals surface area contributed by atoms with Gasteiger partial charge in [0.15, 0.2) is 0 Å². The van der Waals surface area contributed by atoms with Crippen LogP contribution in [0, 0.1) is 0 Å². The van der Waals surface area contributed by atoms with Crippen LogP contribution in [0.1, 0.15) is 84.5 Å². The van der Waals surface area contributed by atoms with Gasteiger partial charge in [0.05, 0.1) is 0 Å². The quantitative estimate of drug-likeness (QED) is 0.608. The van der Waals surface area contributed by atoms with Crippen LogP contribution in [0.3, 0.4) is 0 Å². The maximum Gasteiger partial charge on any atom is 0.322 e. The molecule has 0 aromatic heterocycles. The minimum Gasteiger partial charge on any atom is -0.385 e. The Morgan fingerprint density at radius 3 is 2.22 bits per heavy atom. The number of urea groups is 1. The Kier molecular flexibility index (Phi) is 7.03. The van der Waals surface area contributed by atoms with Crippen LogP contribution in [0.4, 0.5) is 16.2 Å². The first-order valence-electron chi connectivity index (χ1n) is 11.1. The standard InChI is InChI=1S/C23H37N3O/c1-3-18-24-19-12-14-20(15-13-19)25-22(27)26(21-10-6-4-7-11-21)23(2)16-8-5-9-17-23/h12-15,21,24H,3-11,16-18H2,1-2H3,(H,25,27). The molecule has 2 amide bonds. The fourth-order valence-electron chi connectivity index (χ4n) is 4.87. The van der Waals surface area contributed by atoms with Crippen molar-refractivity contribution in [2.75, 3.05) is 17.2 Å². The second-order valence-corrected chi connectivity index (χ2v) is 8.65. The van der Waals surface area contributed by atoms with Crippen molar-refractivity contribution in [3.8, 4) is 0 Å². The maximum absolute atomic E-state index is 13.4. The van der Waals surface area contributed by atoms with Crippen LogP contribution in [0.5, 0.6) is 0 Å². The highest BCUT2D eigenvalue weighted by molar-refractivity contribution is 5.90. The number of rotatable bonds is 6. The van der Waals surface area contributed by atoms with Crippen molar-refractivity contribution in [1.82, 2.24) is 4.90 Å². The van der Waals surface area contributed by atoms with Crippen LogP contribution >= 0.6 is 0 Å². The van der Waals surface area contributed by atoms with Crippen LogP contribution in [0.2, 0.25) is 0 Å².